The van der Waals surface area contributed by atoms with E-state index in [1.165, 1.54) is 18.2 Å². The van der Waals surface area contributed by atoms with E-state index in [0.29, 0.717) is 29.1 Å². The zero-order valence-corrected chi connectivity index (χ0v) is 12.8. The van der Waals surface area contributed by atoms with Crippen LogP contribution < -0.4 is 0 Å². The van der Waals surface area contributed by atoms with Crippen molar-refractivity contribution < 1.29 is 13.4 Å². The number of rotatable bonds is 6. The van der Waals surface area contributed by atoms with E-state index >= 15 is 0 Å². The number of halogens is 2. The van der Waals surface area contributed by atoms with E-state index in [1.54, 1.807) is 12.1 Å². The molecular formula is C16H14ClFO2S. The van der Waals surface area contributed by atoms with Crippen LogP contribution in [0.1, 0.15) is 23.2 Å². The van der Waals surface area contributed by atoms with Crippen LogP contribution in [-0.4, -0.2) is 15.7 Å². The molecule has 2 nitrogen and oxygen atoms in total. The van der Waals surface area contributed by atoms with Gasteiger partial charge in [0, 0.05) is 22.6 Å². The lowest BCUT2D eigenvalue weighted by Gasteiger charge is -2.04. The summed E-state index contributed by atoms with van der Waals surface area (Å²) >= 11 is 5.66. The van der Waals surface area contributed by atoms with Gasteiger partial charge in [-0.2, -0.15) is 0 Å². The fourth-order valence-corrected chi connectivity index (χ4v) is 3.23. The van der Waals surface area contributed by atoms with Crippen LogP contribution in [-0.2, 0) is 10.8 Å². The van der Waals surface area contributed by atoms with E-state index in [0.717, 1.165) is 0 Å². The largest absolute Gasteiger partial charge is 0.294 e. The first kappa shape index (κ1) is 15.9. The van der Waals surface area contributed by atoms with Gasteiger partial charge in [0.2, 0.25) is 0 Å². The van der Waals surface area contributed by atoms with Gasteiger partial charge in [0.05, 0.1) is 15.8 Å². The molecule has 0 radical (unpaired) electrons. The zero-order chi connectivity index (χ0) is 15.2. The number of hydrogen-bond donors (Lipinski definition) is 0. The number of carbonyl (C=O) groups is 1. The minimum absolute atomic E-state index is 0.0322. The molecular weight excluding hydrogens is 311 g/mol. The van der Waals surface area contributed by atoms with Gasteiger partial charge in [0.1, 0.15) is 5.82 Å². The van der Waals surface area contributed by atoms with Crippen LogP contribution in [0.2, 0.25) is 5.02 Å². The molecule has 5 heteroatoms. The molecule has 1 unspecified atom stereocenters. The average Bonchev–Trinajstić information content (AvgIpc) is 2.50. The van der Waals surface area contributed by atoms with Crippen molar-refractivity contribution in [1.29, 1.82) is 0 Å². The van der Waals surface area contributed by atoms with E-state index < -0.39 is 16.6 Å². The molecule has 2 aromatic carbocycles. The molecule has 0 spiro atoms. The minimum atomic E-state index is -1.28. The first-order valence-corrected chi connectivity index (χ1v) is 8.19. The zero-order valence-electron chi connectivity index (χ0n) is 11.2. The van der Waals surface area contributed by atoms with E-state index in [2.05, 4.69) is 0 Å². The number of ketones is 1. The molecule has 21 heavy (non-hydrogen) atoms. The Morgan fingerprint density at radius 1 is 1.14 bits per heavy atom. The number of benzene rings is 2. The molecule has 0 N–H and O–H groups in total. The van der Waals surface area contributed by atoms with Gasteiger partial charge in [-0.05, 0) is 24.6 Å². The Morgan fingerprint density at radius 3 is 2.52 bits per heavy atom. The Kier molecular flexibility index (Phi) is 5.65. The lowest BCUT2D eigenvalue weighted by atomic mass is 10.1. The Labute approximate surface area is 130 Å². The summed E-state index contributed by atoms with van der Waals surface area (Å²) in [6.45, 7) is 0. The lowest BCUT2D eigenvalue weighted by Crippen LogP contribution is -2.04. The Balaban J connectivity index is 1.87. The van der Waals surface area contributed by atoms with Crippen LogP contribution >= 0.6 is 11.6 Å². The smallest absolute Gasteiger partial charge is 0.162 e. The topological polar surface area (TPSA) is 34.1 Å². The maximum atomic E-state index is 13.0. The third-order valence-corrected chi connectivity index (χ3v) is 4.71. The van der Waals surface area contributed by atoms with Gasteiger partial charge in [-0.25, -0.2) is 4.39 Å². The summed E-state index contributed by atoms with van der Waals surface area (Å²) in [6.07, 6.45) is 0.847. The summed E-state index contributed by atoms with van der Waals surface area (Å²) in [6, 6.07) is 13.0. The molecule has 2 aromatic rings. The van der Waals surface area contributed by atoms with Crippen LogP contribution in [0.15, 0.2) is 53.4 Å². The molecule has 0 aliphatic rings. The third kappa shape index (κ3) is 4.48. The van der Waals surface area contributed by atoms with Crippen LogP contribution in [0, 0.1) is 5.82 Å². The molecule has 1 atom stereocenters. The highest BCUT2D eigenvalue weighted by Crippen LogP contribution is 2.19. The Bertz CT molecular complexity index is 659. The van der Waals surface area contributed by atoms with Crippen molar-refractivity contribution in [2.75, 3.05) is 5.75 Å². The van der Waals surface area contributed by atoms with Crippen LogP contribution in [0.3, 0.4) is 0 Å². The van der Waals surface area contributed by atoms with Crippen molar-refractivity contribution in [1.82, 2.24) is 0 Å². The fourth-order valence-electron chi connectivity index (χ4n) is 1.87. The summed E-state index contributed by atoms with van der Waals surface area (Å²) in [7, 11) is -1.28. The van der Waals surface area contributed by atoms with E-state index in [4.69, 9.17) is 11.6 Å². The van der Waals surface area contributed by atoms with Gasteiger partial charge < -0.3 is 0 Å². The van der Waals surface area contributed by atoms with Gasteiger partial charge in [0.15, 0.2) is 5.78 Å². The van der Waals surface area contributed by atoms with E-state index in [-0.39, 0.29) is 10.8 Å². The van der Waals surface area contributed by atoms with Crippen molar-refractivity contribution in [3.05, 3.63) is 64.9 Å². The Morgan fingerprint density at radius 2 is 1.86 bits per heavy atom. The minimum Gasteiger partial charge on any atom is -0.294 e. The highest BCUT2D eigenvalue weighted by Gasteiger charge is 2.09. The highest BCUT2D eigenvalue weighted by molar-refractivity contribution is 7.85. The summed E-state index contributed by atoms with van der Waals surface area (Å²) < 4.78 is 25.1. The molecule has 0 aliphatic carbocycles. The van der Waals surface area contributed by atoms with Crippen LogP contribution in [0.5, 0.6) is 0 Å². The maximum Gasteiger partial charge on any atom is 0.162 e. The molecule has 2 rings (SSSR count). The van der Waals surface area contributed by atoms with Gasteiger partial charge in [-0.1, -0.05) is 41.9 Å². The van der Waals surface area contributed by atoms with Crippen molar-refractivity contribution in [2.24, 2.45) is 0 Å². The molecule has 0 fully saturated rings. The van der Waals surface area contributed by atoms with Crippen molar-refractivity contribution in [2.45, 2.75) is 17.7 Å². The van der Waals surface area contributed by atoms with Crippen molar-refractivity contribution in [3.8, 4) is 0 Å². The number of hydrogen-bond acceptors (Lipinski definition) is 2. The van der Waals surface area contributed by atoms with E-state index in [9.17, 15) is 13.4 Å². The molecule has 0 aromatic heterocycles. The summed E-state index contributed by atoms with van der Waals surface area (Å²) in [4.78, 5) is 12.4. The summed E-state index contributed by atoms with van der Waals surface area (Å²) in [5, 5.41) is -0.0405. The summed E-state index contributed by atoms with van der Waals surface area (Å²) in [5.74, 6) is -0.151. The predicted octanol–water partition coefficient (Wildman–Crippen LogP) is 4.25. The molecule has 0 saturated heterocycles. The number of Topliss-reactive ketones (excluding diaryl/α,β-unsaturated/α-hetero) is 1. The van der Waals surface area contributed by atoms with Crippen LogP contribution in [0.25, 0.3) is 0 Å². The SMILES string of the molecule is O=C(CCCS(=O)c1ccc(F)c(Cl)c1)c1ccccc1. The molecule has 0 aliphatic heterocycles. The second-order valence-electron chi connectivity index (χ2n) is 4.52. The van der Waals surface area contributed by atoms with Crippen LogP contribution in [0.4, 0.5) is 4.39 Å². The molecule has 0 heterocycles. The number of carbonyl (C=O) groups excluding carboxylic acids is 1. The summed E-state index contributed by atoms with van der Waals surface area (Å²) in [5.41, 5.74) is 0.660. The monoisotopic (exact) mass is 324 g/mol. The molecule has 110 valence electrons. The predicted molar refractivity (Wildman–Crippen MR) is 82.7 cm³/mol. The third-order valence-electron chi connectivity index (χ3n) is 2.98. The van der Waals surface area contributed by atoms with E-state index in [1.807, 2.05) is 18.2 Å². The van der Waals surface area contributed by atoms with Gasteiger partial charge in [-0.3, -0.25) is 9.00 Å². The fraction of sp³-hybridized carbons (Fsp3) is 0.188. The van der Waals surface area contributed by atoms with Gasteiger partial charge in [0.25, 0.3) is 0 Å². The quantitative estimate of drug-likeness (QED) is 0.744. The Hall–Kier alpha value is -1.52. The molecule has 0 saturated carbocycles. The standard InChI is InChI=1S/C16H14ClFO2S/c17-14-11-13(8-9-15(14)18)21(20)10-4-7-16(19)12-5-2-1-3-6-12/h1-3,5-6,8-9,11H,4,7,10H2. The highest BCUT2D eigenvalue weighted by atomic mass is 35.5. The van der Waals surface area contributed by atoms with Crippen molar-refractivity contribution >= 4 is 28.2 Å². The maximum absolute atomic E-state index is 13.0. The van der Waals surface area contributed by atoms with Crippen molar-refractivity contribution in [3.63, 3.8) is 0 Å². The first-order chi connectivity index (χ1) is 10.1. The lowest BCUT2D eigenvalue weighted by molar-refractivity contribution is 0.0982. The van der Waals surface area contributed by atoms with Gasteiger partial charge >= 0.3 is 0 Å². The first-order valence-electron chi connectivity index (χ1n) is 6.49. The second kappa shape index (κ2) is 7.48. The molecule has 0 bridgehead atoms. The van der Waals surface area contributed by atoms with Gasteiger partial charge in [-0.15, -0.1) is 0 Å². The second-order valence-corrected chi connectivity index (χ2v) is 6.50. The average molecular weight is 325 g/mol. The molecule has 0 amide bonds. The normalized spacial score (nSPS) is 12.1.